The Morgan fingerprint density at radius 3 is 2.60 bits per heavy atom. The molecule has 1 aromatic carbocycles. The first-order chi connectivity index (χ1) is 11.9. The van der Waals surface area contributed by atoms with Crippen molar-refractivity contribution in [2.75, 3.05) is 14.2 Å². The summed E-state index contributed by atoms with van der Waals surface area (Å²) in [5.74, 6) is -0.561. The van der Waals surface area contributed by atoms with E-state index < -0.39 is 10.9 Å². The van der Waals surface area contributed by atoms with Crippen molar-refractivity contribution in [3.05, 3.63) is 51.2 Å². The smallest absolute Gasteiger partial charge is 0.343 e. The summed E-state index contributed by atoms with van der Waals surface area (Å²) in [6.07, 6.45) is 0.993. The molecule has 0 aliphatic carbocycles. The third kappa shape index (κ3) is 3.48. The molecule has 0 amide bonds. The van der Waals surface area contributed by atoms with E-state index in [9.17, 15) is 14.9 Å². The number of hydrogen-bond acceptors (Lipinski definition) is 8. The van der Waals surface area contributed by atoms with Crippen LogP contribution in [-0.4, -0.2) is 30.1 Å². The molecule has 0 aliphatic rings. The number of benzene rings is 1. The number of nitrogens with zero attached hydrogens (tertiary/aromatic N) is 3. The van der Waals surface area contributed by atoms with Crippen LogP contribution in [0.15, 0.2) is 24.4 Å². The van der Waals surface area contributed by atoms with Crippen LogP contribution in [0.2, 0.25) is 0 Å². The number of hydrogen-bond donors (Lipinski definition) is 0. The number of carbonyl (C=O) groups is 1. The minimum absolute atomic E-state index is 0.0643. The maximum Gasteiger partial charge on any atom is 0.343 e. The highest BCUT2D eigenvalue weighted by Crippen LogP contribution is 2.35. The topological polar surface area (TPSA) is 125 Å². The van der Waals surface area contributed by atoms with Crippen molar-refractivity contribution in [3.8, 4) is 23.4 Å². The van der Waals surface area contributed by atoms with Crippen LogP contribution in [0.4, 0.5) is 5.69 Å². The van der Waals surface area contributed by atoms with Crippen LogP contribution >= 0.6 is 0 Å². The van der Waals surface area contributed by atoms with Crippen molar-refractivity contribution in [1.29, 1.82) is 5.26 Å². The van der Waals surface area contributed by atoms with Gasteiger partial charge in [0, 0.05) is 11.6 Å². The third-order valence-corrected chi connectivity index (χ3v) is 3.36. The Balaban J connectivity index is 2.57. The van der Waals surface area contributed by atoms with Crippen molar-refractivity contribution < 1.29 is 23.9 Å². The first kappa shape index (κ1) is 17.7. The minimum Gasteiger partial charge on any atom is -0.493 e. The molecule has 0 aliphatic heterocycles. The largest absolute Gasteiger partial charge is 0.493 e. The van der Waals surface area contributed by atoms with Crippen LogP contribution in [0.25, 0.3) is 0 Å². The van der Waals surface area contributed by atoms with E-state index in [-0.39, 0.29) is 34.2 Å². The van der Waals surface area contributed by atoms with E-state index in [4.69, 9.17) is 14.7 Å². The predicted octanol–water partition coefficient (Wildman–Crippen LogP) is 2.76. The highest BCUT2D eigenvalue weighted by atomic mass is 16.6. The van der Waals surface area contributed by atoms with Crippen molar-refractivity contribution in [2.24, 2.45) is 0 Å². The van der Waals surface area contributed by atoms with Crippen molar-refractivity contribution in [1.82, 2.24) is 4.98 Å². The summed E-state index contributed by atoms with van der Waals surface area (Å²) in [5, 5.41) is 20.0. The van der Waals surface area contributed by atoms with Crippen LogP contribution in [0.1, 0.15) is 21.5 Å². The monoisotopic (exact) mass is 343 g/mol. The summed E-state index contributed by atoms with van der Waals surface area (Å²) in [5.41, 5.74) is -0.0812. The molecule has 0 N–H and O–H groups in total. The van der Waals surface area contributed by atoms with Gasteiger partial charge in [-0.1, -0.05) is 0 Å². The van der Waals surface area contributed by atoms with Gasteiger partial charge >= 0.3 is 5.97 Å². The van der Waals surface area contributed by atoms with Gasteiger partial charge in [-0.3, -0.25) is 10.1 Å². The molecule has 0 radical (unpaired) electrons. The van der Waals surface area contributed by atoms with E-state index in [0.29, 0.717) is 5.56 Å². The Kier molecular flexibility index (Phi) is 5.14. The van der Waals surface area contributed by atoms with Gasteiger partial charge in [0.1, 0.15) is 11.8 Å². The molecule has 0 atom stereocenters. The maximum atomic E-state index is 12.0. The standard InChI is InChI=1S/C16H13N3O6/c1-9-11(19(21)22)8-18-15(14(9)16(20)24-3)25-12-5-4-10(7-17)6-13(12)23-2/h4-6,8H,1-3H3. The van der Waals surface area contributed by atoms with E-state index >= 15 is 0 Å². The van der Waals surface area contributed by atoms with Crippen LogP contribution < -0.4 is 9.47 Å². The molecule has 0 spiro atoms. The molecule has 0 unspecified atom stereocenters. The molecule has 0 saturated heterocycles. The summed E-state index contributed by atoms with van der Waals surface area (Å²) in [4.78, 5) is 26.3. The zero-order valence-corrected chi connectivity index (χ0v) is 13.6. The Hall–Kier alpha value is -3.67. The molecule has 128 valence electrons. The number of nitriles is 1. The van der Waals surface area contributed by atoms with E-state index in [1.165, 1.54) is 32.2 Å². The number of pyridine rings is 1. The lowest BCUT2D eigenvalue weighted by Gasteiger charge is -2.13. The molecular formula is C16H13N3O6. The number of aromatic nitrogens is 1. The van der Waals surface area contributed by atoms with Gasteiger partial charge in [0.05, 0.1) is 30.8 Å². The summed E-state index contributed by atoms with van der Waals surface area (Å²) in [6, 6.07) is 6.37. The van der Waals surface area contributed by atoms with Gasteiger partial charge in [-0.05, 0) is 19.1 Å². The van der Waals surface area contributed by atoms with Crippen LogP contribution in [0.5, 0.6) is 17.4 Å². The quantitative estimate of drug-likeness (QED) is 0.461. The van der Waals surface area contributed by atoms with Crippen LogP contribution in [-0.2, 0) is 4.74 Å². The number of ether oxygens (including phenoxy) is 3. The molecule has 2 aromatic rings. The zero-order valence-electron chi connectivity index (χ0n) is 13.6. The molecule has 9 nitrogen and oxygen atoms in total. The zero-order chi connectivity index (χ0) is 18.6. The van der Waals surface area contributed by atoms with E-state index in [1.54, 1.807) is 0 Å². The van der Waals surface area contributed by atoms with Gasteiger partial charge in [-0.25, -0.2) is 9.78 Å². The summed E-state index contributed by atoms with van der Waals surface area (Å²) < 4.78 is 15.4. The Labute approximate surface area is 142 Å². The van der Waals surface area contributed by atoms with E-state index in [2.05, 4.69) is 9.72 Å². The number of rotatable bonds is 5. The van der Waals surface area contributed by atoms with Gasteiger partial charge in [-0.15, -0.1) is 0 Å². The molecular weight excluding hydrogens is 330 g/mol. The lowest BCUT2D eigenvalue weighted by Crippen LogP contribution is -2.10. The highest BCUT2D eigenvalue weighted by molar-refractivity contribution is 5.94. The van der Waals surface area contributed by atoms with Gasteiger partial charge in [0.25, 0.3) is 5.69 Å². The van der Waals surface area contributed by atoms with Crippen LogP contribution in [0.3, 0.4) is 0 Å². The fourth-order valence-electron chi connectivity index (χ4n) is 2.10. The second kappa shape index (κ2) is 7.27. The van der Waals surface area contributed by atoms with Crippen LogP contribution in [0, 0.1) is 28.4 Å². The van der Waals surface area contributed by atoms with E-state index in [1.807, 2.05) is 6.07 Å². The average molecular weight is 343 g/mol. The van der Waals surface area contributed by atoms with Crippen molar-refractivity contribution in [3.63, 3.8) is 0 Å². The van der Waals surface area contributed by atoms with Gasteiger partial charge in [0.2, 0.25) is 5.88 Å². The number of carbonyl (C=O) groups excluding carboxylic acids is 1. The molecule has 1 aromatic heterocycles. The van der Waals surface area contributed by atoms with Gasteiger partial charge in [-0.2, -0.15) is 5.26 Å². The predicted molar refractivity (Wildman–Crippen MR) is 84.8 cm³/mol. The molecule has 1 heterocycles. The minimum atomic E-state index is -0.823. The summed E-state index contributed by atoms with van der Waals surface area (Å²) in [7, 11) is 2.53. The van der Waals surface area contributed by atoms with Gasteiger partial charge < -0.3 is 14.2 Å². The first-order valence-corrected chi connectivity index (χ1v) is 6.91. The summed E-state index contributed by atoms with van der Waals surface area (Å²) in [6.45, 7) is 1.40. The number of methoxy groups -OCH3 is 2. The normalized spacial score (nSPS) is 9.84. The lowest BCUT2D eigenvalue weighted by molar-refractivity contribution is -0.385. The number of nitro groups is 1. The molecule has 0 bridgehead atoms. The SMILES string of the molecule is COC(=O)c1c(Oc2ccc(C#N)cc2OC)ncc([N+](=O)[O-])c1C. The molecule has 25 heavy (non-hydrogen) atoms. The van der Waals surface area contributed by atoms with Crippen molar-refractivity contribution >= 4 is 11.7 Å². The fourth-order valence-corrected chi connectivity index (χ4v) is 2.10. The second-order valence-corrected chi connectivity index (χ2v) is 4.78. The maximum absolute atomic E-state index is 12.0. The third-order valence-electron chi connectivity index (χ3n) is 3.36. The molecule has 9 heteroatoms. The number of esters is 1. The Morgan fingerprint density at radius 1 is 1.32 bits per heavy atom. The highest BCUT2D eigenvalue weighted by Gasteiger charge is 2.26. The van der Waals surface area contributed by atoms with Gasteiger partial charge in [0.15, 0.2) is 11.5 Å². The van der Waals surface area contributed by atoms with E-state index in [0.717, 1.165) is 13.3 Å². The lowest BCUT2D eigenvalue weighted by atomic mass is 10.1. The average Bonchev–Trinajstić information content (AvgIpc) is 2.61. The Bertz CT molecular complexity index is 888. The summed E-state index contributed by atoms with van der Waals surface area (Å²) >= 11 is 0. The first-order valence-electron chi connectivity index (χ1n) is 6.91. The second-order valence-electron chi connectivity index (χ2n) is 4.78. The van der Waals surface area contributed by atoms with Crippen molar-refractivity contribution in [2.45, 2.75) is 6.92 Å². The Morgan fingerprint density at radius 2 is 2.04 bits per heavy atom. The molecule has 0 saturated carbocycles. The fraction of sp³-hybridized carbons (Fsp3) is 0.188. The molecule has 0 fully saturated rings. The molecule has 2 rings (SSSR count).